The summed E-state index contributed by atoms with van der Waals surface area (Å²) in [5.74, 6) is 0.101. The second kappa shape index (κ2) is 6.41. The molecule has 0 atom stereocenters. The molecule has 0 aliphatic rings. The van der Waals surface area contributed by atoms with Crippen molar-refractivity contribution in [2.45, 2.75) is 6.18 Å². The summed E-state index contributed by atoms with van der Waals surface area (Å²) in [6, 6.07) is 15.0. The van der Waals surface area contributed by atoms with Crippen molar-refractivity contribution in [3.05, 3.63) is 82.3 Å². The van der Waals surface area contributed by atoms with Gasteiger partial charge in [0.1, 0.15) is 17.4 Å². The molecule has 0 aliphatic carbocycles. The summed E-state index contributed by atoms with van der Waals surface area (Å²) in [7, 11) is 0. The molecule has 0 saturated heterocycles. The summed E-state index contributed by atoms with van der Waals surface area (Å²) in [6.45, 7) is 0. The van der Waals surface area contributed by atoms with Gasteiger partial charge in [-0.25, -0.2) is 0 Å². The summed E-state index contributed by atoms with van der Waals surface area (Å²) < 4.78 is 39.7. The molecule has 0 fully saturated rings. The molecule has 0 aliphatic heterocycles. The van der Waals surface area contributed by atoms with Gasteiger partial charge in [-0.1, -0.05) is 24.3 Å². The number of aromatic hydroxyl groups is 1. The van der Waals surface area contributed by atoms with Crippen LogP contribution in [0.1, 0.15) is 11.1 Å². The molecule has 3 rings (SSSR count). The van der Waals surface area contributed by atoms with Gasteiger partial charge in [-0.05, 0) is 41.5 Å². The summed E-state index contributed by atoms with van der Waals surface area (Å²) in [5.41, 5.74) is -1.41. The number of aromatic nitrogens is 1. The number of phenolic OH excluding ortho intramolecular Hbond substituents is 1. The van der Waals surface area contributed by atoms with E-state index in [0.29, 0.717) is 11.8 Å². The maximum absolute atomic E-state index is 12.9. The minimum absolute atomic E-state index is 0.101. The maximum Gasteiger partial charge on any atom is 0.417 e. The molecule has 7 heteroatoms. The van der Waals surface area contributed by atoms with Crippen molar-refractivity contribution < 1.29 is 18.3 Å². The Morgan fingerprint density at radius 2 is 1.69 bits per heavy atom. The highest BCUT2D eigenvalue weighted by Crippen LogP contribution is 2.30. The molecule has 1 N–H and O–H groups in total. The monoisotopic (exact) mass is 356 g/mol. The van der Waals surface area contributed by atoms with E-state index in [4.69, 9.17) is 5.26 Å². The Hall–Kier alpha value is -3.53. The molecule has 26 heavy (non-hydrogen) atoms. The number of halogens is 3. The molecule has 2 aromatic carbocycles. The fraction of sp³-hybridized carbons (Fsp3) is 0.0526. The van der Waals surface area contributed by atoms with Crippen LogP contribution in [-0.4, -0.2) is 9.67 Å². The van der Waals surface area contributed by atoms with Gasteiger partial charge in [0.15, 0.2) is 0 Å². The fourth-order valence-electron chi connectivity index (χ4n) is 2.58. The van der Waals surface area contributed by atoms with Crippen LogP contribution in [0.5, 0.6) is 5.75 Å². The SMILES string of the molecule is N#Cc1c(C(F)(F)F)ccn(-c2ccc(-c3cccc(O)c3)cc2)c1=O. The molecule has 1 aromatic heterocycles. The van der Waals surface area contributed by atoms with E-state index >= 15 is 0 Å². The van der Waals surface area contributed by atoms with Crippen molar-refractivity contribution in [1.82, 2.24) is 4.57 Å². The van der Waals surface area contributed by atoms with Crippen LogP contribution in [0.2, 0.25) is 0 Å². The molecule has 0 bridgehead atoms. The highest BCUT2D eigenvalue weighted by Gasteiger charge is 2.35. The van der Waals surface area contributed by atoms with Crippen molar-refractivity contribution in [1.29, 1.82) is 5.26 Å². The van der Waals surface area contributed by atoms with E-state index in [1.54, 1.807) is 42.5 Å². The standard InChI is InChI=1S/C19H11F3N2O2/c20-19(21,22)17-8-9-24(18(26)16(17)11-23)14-6-4-12(5-7-14)13-2-1-3-15(25)10-13/h1-10,25H. The van der Waals surface area contributed by atoms with Gasteiger partial charge in [0.2, 0.25) is 0 Å². The van der Waals surface area contributed by atoms with Gasteiger partial charge >= 0.3 is 6.18 Å². The average Bonchev–Trinajstić information content (AvgIpc) is 2.61. The lowest BCUT2D eigenvalue weighted by Gasteiger charge is -2.12. The quantitative estimate of drug-likeness (QED) is 0.752. The van der Waals surface area contributed by atoms with E-state index in [-0.39, 0.29) is 5.75 Å². The summed E-state index contributed by atoms with van der Waals surface area (Å²) in [4.78, 5) is 12.3. The van der Waals surface area contributed by atoms with Crippen LogP contribution in [0.3, 0.4) is 0 Å². The first kappa shape index (κ1) is 17.3. The Kier molecular flexibility index (Phi) is 4.26. The van der Waals surface area contributed by atoms with Crippen LogP contribution in [0, 0.1) is 11.3 Å². The van der Waals surface area contributed by atoms with E-state index < -0.39 is 22.9 Å². The third-order valence-corrected chi connectivity index (χ3v) is 3.83. The van der Waals surface area contributed by atoms with E-state index in [0.717, 1.165) is 21.9 Å². The van der Waals surface area contributed by atoms with Gasteiger partial charge in [0.05, 0.1) is 5.56 Å². The zero-order valence-corrected chi connectivity index (χ0v) is 13.2. The number of pyridine rings is 1. The average molecular weight is 356 g/mol. The first-order valence-corrected chi connectivity index (χ1v) is 7.44. The van der Waals surface area contributed by atoms with Crippen molar-refractivity contribution >= 4 is 0 Å². The lowest BCUT2D eigenvalue weighted by Crippen LogP contribution is -2.25. The minimum Gasteiger partial charge on any atom is -0.508 e. The van der Waals surface area contributed by atoms with E-state index in [9.17, 15) is 23.1 Å². The zero-order chi connectivity index (χ0) is 18.9. The lowest BCUT2D eigenvalue weighted by atomic mass is 10.0. The third-order valence-electron chi connectivity index (χ3n) is 3.83. The van der Waals surface area contributed by atoms with Gasteiger partial charge in [0, 0.05) is 11.9 Å². The second-order valence-electron chi connectivity index (χ2n) is 5.49. The molecule has 130 valence electrons. The third kappa shape index (κ3) is 3.17. The highest BCUT2D eigenvalue weighted by atomic mass is 19.4. The fourth-order valence-corrected chi connectivity index (χ4v) is 2.58. The minimum atomic E-state index is -4.78. The first-order chi connectivity index (χ1) is 12.3. The molecule has 0 saturated carbocycles. The van der Waals surface area contributed by atoms with Crippen molar-refractivity contribution in [2.75, 3.05) is 0 Å². The van der Waals surface area contributed by atoms with Crippen molar-refractivity contribution in [3.8, 4) is 28.6 Å². The van der Waals surface area contributed by atoms with E-state index in [1.165, 1.54) is 12.1 Å². The van der Waals surface area contributed by atoms with Gasteiger partial charge < -0.3 is 5.11 Å². The number of nitriles is 1. The van der Waals surface area contributed by atoms with E-state index in [2.05, 4.69) is 0 Å². The Balaban J connectivity index is 2.06. The van der Waals surface area contributed by atoms with Gasteiger partial charge in [-0.2, -0.15) is 18.4 Å². The number of nitrogens with zero attached hydrogens (tertiary/aromatic N) is 2. The Morgan fingerprint density at radius 1 is 1.00 bits per heavy atom. The molecule has 1 heterocycles. The molecule has 0 radical (unpaired) electrons. The Labute approximate surface area is 146 Å². The van der Waals surface area contributed by atoms with Crippen LogP contribution >= 0.6 is 0 Å². The number of hydrogen-bond donors (Lipinski definition) is 1. The summed E-state index contributed by atoms with van der Waals surface area (Å²) >= 11 is 0. The number of rotatable bonds is 2. The van der Waals surface area contributed by atoms with Gasteiger partial charge in [0.25, 0.3) is 5.56 Å². The van der Waals surface area contributed by atoms with Gasteiger partial charge in [-0.3, -0.25) is 9.36 Å². The Morgan fingerprint density at radius 3 is 2.27 bits per heavy atom. The van der Waals surface area contributed by atoms with Crippen LogP contribution in [0.4, 0.5) is 13.2 Å². The van der Waals surface area contributed by atoms with Crippen molar-refractivity contribution in [3.63, 3.8) is 0 Å². The smallest absolute Gasteiger partial charge is 0.417 e. The molecule has 0 spiro atoms. The topological polar surface area (TPSA) is 66.0 Å². The molecule has 0 unspecified atom stereocenters. The predicted octanol–water partition coefficient (Wildman–Crippen LogP) is 4.10. The largest absolute Gasteiger partial charge is 0.508 e. The Bertz CT molecular complexity index is 1060. The van der Waals surface area contributed by atoms with Crippen LogP contribution in [-0.2, 0) is 6.18 Å². The number of hydrogen-bond acceptors (Lipinski definition) is 3. The number of alkyl halides is 3. The predicted molar refractivity (Wildman–Crippen MR) is 88.9 cm³/mol. The number of phenols is 1. The van der Waals surface area contributed by atoms with Crippen LogP contribution in [0.25, 0.3) is 16.8 Å². The van der Waals surface area contributed by atoms with Gasteiger partial charge in [-0.15, -0.1) is 0 Å². The first-order valence-electron chi connectivity index (χ1n) is 7.44. The maximum atomic E-state index is 12.9. The summed E-state index contributed by atoms with van der Waals surface area (Å²) in [6.07, 6.45) is -3.78. The molecular weight excluding hydrogens is 345 g/mol. The molecule has 3 aromatic rings. The number of benzene rings is 2. The lowest BCUT2D eigenvalue weighted by molar-refractivity contribution is -0.137. The normalized spacial score (nSPS) is 11.2. The molecule has 0 amide bonds. The van der Waals surface area contributed by atoms with Crippen LogP contribution < -0.4 is 5.56 Å². The van der Waals surface area contributed by atoms with Crippen LogP contribution in [0.15, 0.2) is 65.6 Å². The zero-order valence-electron chi connectivity index (χ0n) is 13.2. The molecular formula is C19H11F3N2O2. The second-order valence-corrected chi connectivity index (χ2v) is 5.49. The van der Waals surface area contributed by atoms with Crippen molar-refractivity contribution in [2.24, 2.45) is 0 Å². The molecule has 4 nitrogen and oxygen atoms in total. The van der Waals surface area contributed by atoms with E-state index in [1.807, 2.05) is 0 Å². The highest BCUT2D eigenvalue weighted by molar-refractivity contribution is 5.66. The summed E-state index contributed by atoms with van der Waals surface area (Å²) in [5, 5.41) is 18.5.